The zero-order valence-corrected chi connectivity index (χ0v) is 8.74. The molecule has 14 heavy (non-hydrogen) atoms. The molecule has 1 saturated heterocycles. The number of rotatable bonds is 1. The van der Waals surface area contributed by atoms with Crippen LogP contribution in [0.15, 0.2) is 22.7 Å². The predicted molar refractivity (Wildman–Crippen MR) is 53.0 cm³/mol. The summed E-state index contributed by atoms with van der Waals surface area (Å²) < 4.78 is 5.73. The van der Waals surface area contributed by atoms with Gasteiger partial charge in [-0.1, -0.05) is 22.0 Å². The molecule has 5 heteroatoms. The second-order valence-corrected chi connectivity index (χ2v) is 3.89. The number of nitrogens with one attached hydrogen (secondary N) is 1. The van der Waals surface area contributed by atoms with Crippen molar-refractivity contribution < 1.29 is 14.6 Å². The fourth-order valence-corrected chi connectivity index (χ4v) is 1.70. The Morgan fingerprint density at radius 1 is 1.57 bits per heavy atom. The Balaban J connectivity index is 2.28. The second-order valence-electron chi connectivity index (χ2n) is 2.98. The molecule has 1 amide bonds. The van der Waals surface area contributed by atoms with E-state index >= 15 is 0 Å². The van der Waals surface area contributed by atoms with Gasteiger partial charge in [-0.05, 0) is 12.1 Å². The summed E-state index contributed by atoms with van der Waals surface area (Å²) in [5, 5.41) is 12.1. The molecule has 1 atom stereocenters. The van der Waals surface area contributed by atoms with Crippen molar-refractivity contribution in [3.05, 3.63) is 28.2 Å². The summed E-state index contributed by atoms with van der Waals surface area (Å²) in [5.41, 5.74) is 0.617. The van der Waals surface area contributed by atoms with E-state index in [4.69, 9.17) is 4.74 Å². The number of amides is 1. The van der Waals surface area contributed by atoms with E-state index < -0.39 is 12.2 Å². The van der Waals surface area contributed by atoms with Gasteiger partial charge in [0.1, 0.15) is 11.9 Å². The lowest BCUT2D eigenvalue weighted by Crippen LogP contribution is -2.12. The summed E-state index contributed by atoms with van der Waals surface area (Å²) in [6.07, 6.45) is -0.840. The first kappa shape index (κ1) is 9.33. The van der Waals surface area contributed by atoms with E-state index in [0.29, 0.717) is 12.1 Å². The van der Waals surface area contributed by atoms with Gasteiger partial charge in [0.05, 0.1) is 6.54 Å². The molecule has 1 aliphatic heterocycles. The minimum absolute atomic E-state index is 0.126. The number of aromatic hydroxyl groups is 1. The van der Waals surface area contributed by atoms with Crippen molar-refractivity contribution >= 4 is 22.0 Å². The van der Waals surface area contributed by atoms with Crippen LogP contribution in [0.3, 0.4) is 0 Å². The molecular weight excluding hydrogens is 250 g/mol. The van der Waals surface area contributed by atoms with E-state index in [2.05, 4.69) is 21.2 Å². The molecule has 2 N–H and O–H groups in total. The average Bonchev–Trinajstić information content (AvgIpc) is 2.51. The third kappa shape index (κ3) is 1.68. The van der Waals surface area contributed by atoms with Gasteiger partial charge in [0.2, 0.25) is 0 Å². The number of carbonyl (C=O) groups excluding carboxylic acids is 1. The second kappa shape index (κ2) is 3.49. The SMILES string of the molecule is O=C1NCC(c2ccc(Br)cc2O)O1. The first-order valence-corrected chi connectivity index (χ1v) is 4.89. The molecule has 1 aliphatic rings. The van der Waals surface area contributed by atoms with Crippen LogP contribution in [-0.2, 0) is 4.74 Å². The summed E-state index contributed by atoms with van der Waals surface area (Å²) in [6, 6.07) is 5.09. The molecule has 1 fully saturated rings. The van der Waals surface area contributed by atoms with Crippen LogP contribution in [0.2, 0.25) is 0 Å². The van der Waals surface area contributed by atoms with Crippen molar-refractivity contribution in [2.75, 3.05) is 6.54 Å². The van der Waals surface area contributed by atoms with Gasteiger partial charge in [-0.2, -0.15) is 0 Å². The highest BCUT2D eigenvalue weighted by atomic mass is 79.9. The Labute approximate surface area is 89.0 Å². The molecule has 74 valence electrons. The average molecular weight is 258 g/mol. The smallest absolute Gasteiger partial charge is 0.407 e. The van der Waals surface area contributed by atoms with Gasteiger partial charge in [0.15, 0.2) is 0 Å². The summed E-state index contributed by atoms with van der Waals surface area (Å²) in [5.74, 6) is 0.126. The molecule has 0 bridgehead atoms. The maximum atomic E-state index is 10.8. The first-order chi connectivity index (χ1) is 6.66. The molecule has 1 aromatic carbocycles. The van der Waals surface area contributed by atoms with Crippen LogP contribution < -0.4 is 5.32 Å². The Bertz CT molecular complexity index is 380. The molecule has 1 unspecified atom stereocenters. The van der Waals surface area contributed by atoms with Crippen molar-refractivity contribution in [2.45, 2.75) is 6.10 Å². The van der Waals surface area contributed by atoms with Crippen molar-refractivity contribution in [3.63, 3.8) is 0 Å². The minimum atomic E-state index is -0.447. The lowest BCUT2D eigenvalue weighted by Gasteiger charge is -2.09. The number of ether oxygens (including phenoxy) is 1. The number of hydrogen-bond acceptors (Lipinski definition) is 3. The van der Waals surface area contributed by atoms with Crippen molar-refractivity contribution in [1.29, 1.82) is 0 Å². The van der Waals surface area contributed by atoms with Crippen molar-refractivity contribution in [2.24, 2.45) is 0 Å². The molecule has 0 saturated carbocycles. The van der Waals surface area contributed by atoms with Gasteiger partial charge in [-0.15, -0.1) is 0 Å². The first-order valence-electron chi connectivity index (χ1n) is 4.10. The van der Waals surface area contributed by atoms with E-state index in [0.717, 1.165) is 4.47 Å². The molecule has 0 radical (unpaired) electrons. The number of hydrogen-bond donors (Lipinski definition) is 2. The summed E-state index contributed by atoms with van der Waals surface area (Å²) >= 11 is 3.23. The molecule has 1 aromatic rings. The van der Waals surface area contributed by atoms with E-state index in [9.17, 15) is 9.90 Å². The fourth-order valence-electron chi connectivity index (χ4n) is 1.35. The maximum Gasteiger partial charge on any atom is 0.407 e. The fraction of sp³-hybridized carbons (Fsp3) is 0.222. The number of cyclic esters (lactones) is 1. The summed E-state index contributed by atoms with van der Waals surface area (Å²) in [4.78, 5) is 10.8. The molecule has 4 nitrogen and oxygen atoms in total. The van der Waals surface area contributed by atoms with Crippen molar-refractivity contribution in [1.82, 2.24) is 5.32 Å². The van der Waals surface area contributed by atoms with E-state index in [1.165, 1.54) is 0 Å². The van der Waals surface area contributed by atoms with Crippen molar-refractivity contribution in [3.8, 4) is 5.75 Å². The molecular formula is C9H8BrNO3. The van der Waals surface area contributed by atoms with Crippen LogP contribution in [0.4, 0.5) is 4.79 Å². The van der Waals surface area contributed by atoms with Gasteiger partial charge < -0.3 is 15.2 Å². The molecule has 0 aliphatic carbocycles. The van der Waals surface area contributed by atoms with E-state index in [-0.39, 0.29) is 5.75 Å². The van der Waals surface area contributed by atoms with Gasteiger partial charge in [0.25, 0.3) is 0 Å². The number of alkyl carbamates (subject to hydrolysis) is 1. The summed E-state index contributed by atoms with van der Waals surface area (Å²) in [6.45, 7) is 0.397. The van der Waals surface area contributed by atoms with Crippen LogP contribution in [0.25, 0.3) is 0 Å². The molecule has 0 spiro atoms. The number of phenols is 1. The molecule has 2 rings (SSSR count). The van der Waals surface area contributed by atoms with Gasteiger partial charge in [-0.3, -0.25) is 0 Å². The predicted octanol–water partition coefficient (Wildman–Crippen LogP) is 1.94. The quantitative estimate of drug-likeness (QED) is 0.809. The Kier molecular flexibility index (Phi) is 2.33. The third-order valence-electron chi connectivity index (χ3n) is 2.02. The normalized spacial score (nSPS) is 20.4. The Morgan fingerprint density at radius 2 is 2.36 bits per heavy atom. The number of halogens is 1. The number of benzene rings is 1. The van der Waals surface area contributed by atoms with Crippen LogP contribution in [-0.4, -0.2) is 17.7 Å². The molecule has 0 aromatic heterocycles. The highest BCUT2D eigenvalue weighted by Crippen LogP contribution is 2.30. The lowest BCUT2D eigenvalue weighted by molar-refractivity contribution is 0.139. The monoisotopic (exact) mass is 257 g/mol. The van der Waals surface area contributed by atoms with E-state index in [1.807, 2.05) is 0 Å². The maximum absolute atomic E-state index is 10.8. The van der Waals surface area contributed by atoms with Gasteiger partial charge in [-0.25, -0.2) is 4.79 Å². The van der Waals surface area contributed by atoms with Gasteiger partial charge >= 0.3 is 6.09 Å². The van der Waals surface area contributed by atoms with Crippen LogP contribution in [0, 0.1) is 0 Å². The minimum Gasteiger partial charge on any atom is -0.507 e. The third-order valence-corrected chi connectivity index (χ3v) is 2.51. The Morgan fingerprint density at radius 3 is 2.93 bits per heavy atom. The van der Waals surface area contributed by atoms with Crippen LogP contribution >= 0.6 is 15.9 Å². The Hall–Kier alpha value is -1.23. The number of phenolic OH excluding ortho intramolecular Hbond substituents is 1. The standard InChI is InChI=1S/C9H8BrNO3/c10-5-1-2-6(7(12)3-5)8-4-11-9(13)14-8/h1-3,8,12H,4H2,(H,11,13). The largest absolute Gasteiger partial charge is 0.507 e. The zero-order chi connectivity index (χ0) is 10.1. The topological polar surface area (TPSA) is 58.6 Å². The number of carbonyl (C=O) groups is 1. The lowest BCUT2D eigenvalue weighted by atomic mass is 10.1. The summed E-state index contributed by atoms with van der Waals surface area (Å²) in [7, 11) is 0. The van der Waals surface area contributed by atoms with Crippen LogP contribution in [0.1, 0.15) is 11.7 Å². The highest BCUT2D eigenvalue weighted by Gasteiger charge is 2.26. The van der Waals surface area contributed by atoms with Gasteiger partial charge in [0, 0.05) is 10.0 Å². The van der Waals surface area contributed by atoms with E-state index in [1.54, 1.807) is 18.2 Å². The highest BCUT2D eigenvalue weighted by molar-refractivity contribution is 9.10. The van der Waals surface area contributed by atoms with Crippen LogP contribution in [0.5, 0.6) is 5.75 Å². The molecule has 1 heterocycles. The zero-order valence-electron chi connectivity index (χ0n) is 7.16.